The first-order valence-electron chi connectivity index (χ1n) is 10.6. The molecule has 3 aromatic carbocycles. The van der Waals surface area contributed by atoms with Crippen LogP contribution in [0.5, 0.6) is 5.75 Å². The molecule has 0 aromatic heterocycles. The summed E-state index contributed by atoms with van der Waals surface area (Å²) < 4.78 is 5.49. The maximum absolute atomic E-state index is 12.4. The van der Waals surface area contributed by atoms with Gasteiger partial charge in [0.2, 0.25) is 0 Å². The molecule has 0 aliphatic carbocycles. The summed E-state index contributed by atoms with van der Waals surface area (Å²) in [4.78, 5) is 12.4. The summed E-state index contributed by atoms with van der Waals surface area (Å²) in [5, 5.41) is 0. The fraction of sp³-hybridized carbons (Fsp3) is 0.207. The molecular formula is C29H26O2. The van der Waals surface area contributed by atoms with Gasteiger partial charge < -0.3 is 4.74 Å². The van der Waals surface area contributed by atoms with Gasteiger partial charge in [-0.1, -0.05) is 49.7 Å². The highest BCUT2D eigenvalue weighted by Crippen LogP contribution is 2.15. The number of carbonyl (C=O) groups excluding carboxylic acids is 1. The van der Waals surface area contributed by atoms with Crippen molar-refractivity contribution in [3.8, 4) is 29.4 Å². The molecule has 0 saturated heterocycles. The molecule has 0 amide bonds. The summed E-state index contributed by atoms with van der Waals surface area (Å²) in [6, 6.07) is 22.7. The lowest BCUT2D eigenvalue weighted by molar-refractivity contribution is 0.0734. The molecule has 0 unspecified atom stereocenters. The van der Waals surface area contributed by atoms with Crippen molar-refractivity contribution in [3.63, 3.8) is 0 Å². The molecule has 0 aliphatic heterocycles. The van der Waals surface area contributed by atoms with Crippen LogP contribution >= 0.6 is 0 Å². The van der Waals surface area contributed by atoms with Crippen molar-refractivity contribution < 1.29 is 9.53 Å². The minimum Gasteiger partial charge on any atom is -0.423 e. The molecule has 0 bridgehead atoms. The van der Waals surface area contributed by atoms with E-state index in [1.165, 1.54) is 24.8 Å². The monoisotopic (exact) mass is 406 g/mol. The average molecular weight is 407 g/mol. The minimum absolute atomic E-state index is 0.353. The van der Waals surface area contributed by atoms with Gasteiger partial charge in [-0.25, -0.2) is 4.79 Å². The van der Waals surface area contributed by atoms with Crippen molar-refractivity contribution in [1.82, 2.24) is 0 Å². The van der Waals surface area contributed by atoms with E-state index in [1.54, 1.807) is 12.1 Å². The van der Waals surface area contributed by atoms with Gasteiger partial charge in [0.1, 0.15) is 5.75 Å². The van der Waals surface area contributed by atoms with Crippen LogP contribution in [0.3, 0.4) is 0 Å². The first kappa shape index (κ1) is 21.9. The quantitative estimate of drug-likeness (QED) is 0.205. The molecule has 3 aromatic rings. The predicted octanol–water partition coefficient (Wildman–Crippen LogP) is 6.41. The minimum atomic E-state index is -0.353. The van der Waals surface area contributed by atoms with Crippen molar-refractivity contribution in [1.29, 1.82) is 0 Å². The molecule has 0 radical (unpaired) electrons. The Kier molecular flexibility index (Phi) is 8.10. The van der Waals surface area contributed by atoms with Crippen LogP contribution in [0.2, 0.25) is 0 Å². The Labute approximate surface area is 185 Å². The molecule has 2 nitrogen and oxygen atoms in total. The maximum atomic E-state index is 12.4. The molecule has 154 valence electrons. The molecule has 0 fully saturated rings. The third-order valence-electron chi connectivity index (χ3n) is 4.83. The van der Waals surface area contributed by atoms with E-state index in [0.29, 0.717) is 11.3 Å². The summed E-state index contributed by atoms with van der Waals surface area (Å²) in [7, 11) is 0. The van der Waals surface area contributed by atoms with Gasteiger partial charge in [-0.2, -0.15) is 0 Å². The van der Waals surface area contributed by atoms with Gasteiger partial charge >= 0.3 is 5.97 Å². The second-order valence-electron chi connectivity index (χ2n) is 7.27. The Bertz CT molecular complexity index is 1110. The highest BCUT2D eigenvalue weighted by Gasteiger charge is 2.08. The number of benzene rings is 3. The molecule has 0 atom stereocenters. The van der Waals surface area contributed by atoms with Gasteiger partial charge in [-0.3, -0.25) is 0 Å². The molecule has 2 heteroatoms. The standard InChI is InChI=1S/C29H26O2/c1-3-5-6-8-24-15-19-27(20-16-24)29(30)31-28-21-17-26(18-22-28)14-13-25-11-9-23(7-4-2)10-12-25/h9-12,15-22H,3,5-6,8H2,1-2H3. The molecule has 3 rings (SSSR count). The highest BCUT2D eigenvalue weighted by atomic mass is 16.5. The Hall–Kier alpha value is -3.75. The van der Waals surface area contributed by atoms with Crippen LogP contribution in [0, 0.1) is 23.7 Å². The zero-order valence-electron chi connectivity index (χ0n) is 18.1. The number of carbonyl (C=O) groups is 1. The average Bonchev–Trinajstić information content (AvgIpc) is 2.80. The Morgan fingerprint density at radius 2 is 1.29 bits per heavy atom. The fourth-order valence-electron chi connectivity index (χ4n) is 3.08. The first-order chi connectivity index (χ1) is 15.2. The Morgan fingerprint density at radius 1 is 0.742 bits per heavy atom. The summed E-state index contributed by atoms with van der Waals surface area (Å²) in [6.07, 6.45) is 4.65. The molecule has 0 N–H and O–H groups in total. The highest BCUT2D eigenvalue weighted by molar-refractivity contribution is 5.91. The van der Waals surface area contributed by atoms with Crippen LogP contribution in [0.25, 0.3) is 0 Å². The van der Waals surface area contributed by atoms with Crippen LogP contribution in [0.15, 0.2) is 72.8 Å². The number of ether oxygens (including phenoxy) is 1. The Balaban J connectivity index is 1.57. The van der Waals surface area contributed by atoms with Crippen molar-refractivity contribution in [2.75, 3.05) is 0 Å². The number of aryl methyl sites for hydroxylation is 1. The smallest absolute Gasteiger partial charge is 0.343 e. The van der Waals surface area contributed by atoms with Gasteiger partial charge in [0, 0.05) is 16.7 Å². The van der Waals surface area contributed by atoms with Crippen LogP contribution in [0.4, 0.5) is 0 Å². The number of esters is 1. The van der Waals surface area contributed by atoms with Crippen molar-refractivity contribution in [2.45, 2.75) is 39.5 Å². The number of rotatable bonds is 6. The van der Waals surface area contributed by atoms with Crippen molar-refractivity contribution in [2.24, 2.45) is 0 Å². The molecule has 0 saturated carbocycles. The van der Waals surface area contributed by atoms with Crippen LogP contribution in [0.1, 0.15) is 65.7 Å². The van der Waals surface area contributed by atoms with E-state index in [-0.39, 0.29) is 5.97 Å². The normalized spacial score (nSPS) is 9.74. The summed E-state index contributed by atoms with van der Waals surface area (Å²) in [5.74, 6) is 12.3. The first-order valence-corrected chi connectivity index (χ1v) is 10.6. The lowest BCUT2D eigenvalue weighted by atomic mass is 10.1. The summed E-state index contributed by atoms with van der Waals surface area (Å²) in [6.45, 7) is 4.01. The zero-order chi connectivity index (χ0) is 21.9. The molecule has 0 aliphatic rings. The topological polar surface area (TPSA) is 26.3 Å². The lowest BCUT2D eigenvalue weighted by Crippen LogP contribution is -2.08. The molecule has 0 spiro atoms. The van der Waals surface area contributed by atoms with Gasteiger partial charge in [-0.15, -0.1) is 5.92 Å². The number of hydrogen-bond donors (Lipinski definition) is 0. The summed E-state index contributed by atoms with van der Waals surface area (Å²) in [5.41, 5.74) is 4.56. The van der Waals surface area contributed by atoms with Gasteiger partial charge in [-0.05, 0) is 86.0 Å². The van der Waals surface area contributed by atoms with Crippen LogP contribution in [-0.2, 0) is 6.42 Å². The largest absolute Gasteiger partial charge is 0.423 e. The van der Waals surface area contributed by atoms with Crippen molar-refractivity contribution >= 4 is 5.97 Å². The number of hydrogen-bond acceptors (Lipinski definition) is 2. The van der Waals surface area contributed by atoms with E-state index < -0.39 is 0 Å². The van der Waals surface area contributed by atoms with E-state index in [4.69, 9.17) is 4.74 Å². The van der Waals surface area contributed by atoms with Gasteiger partial charge in [0.05, 0.1) is 5.56 Å². The third-order valence-corrected chi connectivity index (χ3v) is 4.83. The summed E-state index contributed by atoms with van der Waals surface area (Å²) >= 11 is 0. The SMILES string of the molecule is CC#Cc1ccc(C#Cc2ccc(OC(=O)c3ccc(CCCCC)cc3)cc2)cc1. The molecule has 31 heavy (non-hydrogen) atoms. The second-order valence-corrected chi connectivity index (χ2v) is 7.27. The Morgan fingerprint density at radius 3 is 1.84 bits per heavy atom. The van der Waals surface area contributed by atoms with Crippen molar-refractivity contribution in [3.05, 3.63) is 101 Å². The van der Waals surface area contributed by atoms with E-state index in [0.717, 1.165) is 23.1 Å². The molecule has 0 heterocycles. The maximum Gasteiger partial charge on any atom is 0.343 e. The second kappa shape index (κ2) is 11.4. The van der Waals surface area contributed by atoms with Crippen LogP contribution < -0.4 is 4.74 Å². The number of unbranched alkanes of at least 4 members (excludes halogenated alkanes) is 2. The van der Waals surface area contributed by atoms with Gasteiger partial charge in [0.15, 0.2) is 0 Å². The van der Waals surface area contributed by atoms with Gasteiger partial charge in [0.25, 0.3) is 0 Å². The molecular weight excluding hydrogens is 380 g/mol. The fourth-order valence-corrected chi connectivity index (χ4v) is 3.08. The van der Waals surface area contributed by atoms with E-state index >= 15 is 0 Å². The third kappa shape index (κ3) is 6.91. The van der Waals surface area contributed by atoms with Crippen LogP contribution in [-0.4, -0.2) is 5.97 Å². The van der Waals surface area contributed by atoms with E-state index in [9.17, 15) is 4.79 Å². The van der Waals surface area contributed by atoms with E-state index in [2.05, 4.69) is 30.6 Å². The lowest BCUT2D eigenvalue weighted by Gasteiger charge is -2.06. The predicted molar refractivity (Wildman–Crippen MR) is 126 cm³/mol. The van der Waals surface area contributed by atoms with E-state index in [1.807, 2.05) is 67.6 Å². The zero-order valence-corrected chi connectivity index (χ0v) is 18.1.